The minimum absolute atomic E-state index is 0.171. The molecule has 14 heavy (non-hydrogen) atoms. The number of aromatic hydroxyl groups is 1. The van der Waals surface area contributed by atoms with E-state index in [1.165, 1.54) is 7.11 Å². The summed E-state index contributed by atoms with van der Waals surface area (Å²) in [5.74, 6) is -3.13. The van der Waals surface area contributed by atoms with Gasteiger partial charge >= 0.3 is 0 Å². The maximum Gasteiger partial charge on any atom is 0.200 e. The largest absolute Gasteiger partial charge is 0.505 e. The van der Waals surface area contributed by atoms with Crippen LogP contribution in [0.15, 0.2) is 12.1 Å². The molecule has 0 amide bonds. The molecule has 0 fully saturated rings. The van der Waals surface area contributed by atoms with Crippen LogP contribution in [0.2, 0.25) is 0 Å². The van der Waals surface area contributed by atoms with Crippen molar-refractivity contribution >= 4 is 0 Å². The van der Waals surface area contributed by atoms with Crippen molar-refractivity contribution < 1.29 is 18.6 Å². The van der Waals surface area contributed by atoms with Crippen LogP contribution >= 0.6 is 0 Å². The van der Waals surface area contributed by atoms with Gasteiger partial charge in [-0.1, -0.05) is 0 Å². The van der Waals surface area contributed by atoms with E-state index in [0.29, 0.717) is 5.56 Å². The van der Waals surface area contributed by atoms with Gasteiger partial charge in [-0.2, -0.15) is 4.39 Å². The maximum atomic E-state index is 12.8. The molecule has 1 aromatic carbocycles. The summed E-state index contributed by atoms with van der Waals surface area (Å²) in [4.78, 5) is 0. The van der Waals surface area contributed by atoms with E-state index >= 15 is 0 Å². The second-order valence-corrected chi connectivity index (χ2v) is 2.90. The molecular weight excluding hydrogens is 192 g/mol. The summed E-state index contributed by atoms with van der Waals surface area (Å²) < 4.78 is 30.2. The zero-order chi connectivity index (χ0) is 10.7. The highest BCUT2D eigenvalue weighted by Gasteiger charge is 2.13. The van der Waals surface area contributed by atoms with E-state index in [-0.39, 0.29) is 6.61 Å². The van der Waals surface area contributed by atoms with Gasteiger partial charge < -0.3 is 15.6 Å². The minimum atomic E-state index is -1.27. The monoisotopic (exact) mass is 203 g/mol. The summed E-state index contributed by atoms with van der Waals surface area (Å²) >= 11 is 0. The zero-order valence-corrected chi connectivity index (χ0v) is 7.63. The SMILES string of the molecule is COC[C@@H](N)c1cc(O)c(F)c(F)c1. The lowest BCUT2D eigenvalue weighted by atomic mass is 10.1. The molecule has 1 rings (SSSR count). The first kappa shape index (κ1) is 10.9. The fourth-order valence-corrected chi connectivity index (χ4v) is 1.08. The van der Waals surface area contributed by atoms with Gasteiger partial charge in [-0.15, -0.1) is 0 Å². The highest BCUT2D eigenvalue weighted by Crippen LogP contribution is 2.23. The van der Waals surface area contributed by atoms with Gasteiger partial charge in [0.2, 0.25) is 0 Å². The summed E-state index contributed by atoms with van der Waals surface area (Å²) in [5.41, 5.74) is 5.86. The Hall–Kier alpha value is -1.20. The fraction of sp³-hybridized carbons (Fsp3) is 0.333. The predicted molar refractivity (Wildman–Crippen MR) is 46.8 cm³/mol. The topological polar surface area (TPSA) is 55.5 Å². The highest BCUT2D eigenvalue weighted by molar-refractivity contribution is 5.32. The van der Waals surface area contributed by atoms with E-state index in [2.05, 4.69) is 0 Å². The van der Waals surface area contributed by atoms with Gasteiger partial charge in [-0.3, -0.25) is 0 Å². The van der Waals surface area contributed by atoms with Crippen molar-refractivity contribution in [2.45, 2.75) is 6.04 Å². The first-order valence-corrected chi connectivity index (χ1v) is 3.98. The quantitative estimate of drug-likeness (QED) is 0.778. The van der Waals surface area contributed by atoms with Crippen LogP contribution in [0.5, 0.6) is 5.75 Å². The molecule has 0 aliphatic rings. The van der Waals surface area contributed by atoms with Crippen molar-refractivity contribution in [2.75, 3.05) is 13.7 Å². The number of ether oxygens (including phenoxy) is 1. The first-order valence-electron chi connectivity index (χ1n) is 3.98. The Labute approximate surface area is 80.1 Å². The Bertz CT molecular complexity index is 308. The van der Waals surface area contributed by atoms with Crippen LogP contribution in [0.3, 0.4) is 0 Å². The number of benzene rings is 1. The van der Waals surface area contributed by atoms with Crippen LogP contribution in [0.1, 0.15) is 11.6 Å². The van der Waals surface area contributed by atoms with Crippen LogP contribution in [-0.4, -0.2) is 18.8 Å². The van der Waals surface area contributed by atoms with Gasteiger partial charge in [0.05, 0.1) is 12.6 Å². The third-order valence-electron chi connectivity index (χ3n) is 1.81. The number of methoxy groups -OCH3 is 1. The third kappa shape index (κ3) is 2.18. The van der Waals surface area contributed by atoms with Crippen molar-refractivity contribution in [1.29, 1.82) is 0 Å². The number of halogens is 2. The normalized spacial score (nSPS) is 12.9. The van der Waals surface area contributed by atoms with Crippen molar-refractivity contribution in [3.8, 4) is 5.75 Å². The van der Waals surface area contributed by atoms with Gasteiger partial charge in [0.1, 0.15) is 0 Å². The van der Waals surface area contributed by atoms with Gasteiger partial charge in [-0.25, -0.2) is 4.39 Å². The van der Waals surface area contributed by atoms with E-state index in [1.807, 2.05) is 0 Å². The zero-order valence-electron chi connectivity index (χ0n) is 7.63. The van der Waals surface area contributed by atoms with Gasteiger partial charge in [0.25, 0.3) is 0 Å². The lowest BCUT2D eigenvalue weighted by molar-refractivity contribution is 0.180. The van der Waals surface area contributed by atoms with Gasteiger partial charge in [0.15, 0.2) is 17.4 Å². The molecule has 0 aromatic heterocycles. The molecule has 0 unspecified atom stereocenters. The number of phenolic OH excluding ortho intramolecular Hbond substituents is 1. The summed E-state index contributed by atoms with van der Waals surface area (Å²) in [6.07, 6.45) is 0. The Morgan fingerprint density at radius 1 is 1.50 bits per heavy atom. The van der Waals surface area contributed by atoms with Gasteiger partial charge in [0, 0.05) is 7.11 Å². The Morgan fingerprint density at radius 3 is 2.64 bits per heavy atom. The molecule has 0 aliphatic heterocycles. The van der Waals surface area contributed by atoms with Crippen molar-refractivity contribution in [2.24, 2.45) is 5.73 Å². The summed E-state index contributed by atoms with van der Waals surface area (Å²) in [5, 5.41) is 8.99. The molecule has 0 spiro atoms. The van der Waals surface area contributed by atoms with E-state index in [4.69, 9.17) is 15.6 Å². The molecule has 0 saturated heterocycles. The molecule has 0 saturated carbocycles. The predicted octanol–water partition coefficient (Wildman–Crippen LogP) is 1.32. The lowest BCUT2D eigenvalue weighted by Crippen LogP contribution is -2.16. The van der Waals surface area contributed by atoms with Crippen LogP contribution in [0, 0.1) is 11.6 Å². The Balaban J connectivity index is 3.00. The number of phenols is 1. The second-order valence-electron chi connectivity index (χ2n) is 2.90. The van der Waals surface area contributed by atoms with Crippen LogP contribution in [-0.2, 0) is 4.74 Å². The van der Waals surface area contributed by atoms with E-state index < -0.39 is 23.4 Å². The molecule has 0 bridgehead atoms. The van der Waals surface area contributed by atoms with Crippen molar-refractivity contribution in [3.63, 3.8) is 0 Å². The summed E-state index contributed by atoms with van der Waals surface area (Å²) in [7, 11) is 1.44. The molecule has 3 N–H and O–H groups in total. The molecule has 1 aromatic rings. The molecule has 78 valence electrons. The molecule has 0 radical (unpaired) electrons. The molecule has 5 heteroatoms. The Kier molecular flexibility index (Phi) is 3.38. The highest BCUT2D eigenvalue weighted by atomic mass is 19.2. The molecule has 1 atom stereocenters. The van der Waals surface area contributed by atoms with Crippen molar-refractivity contribution in [3.05, 3.63) is 29.3 Å². The standard InChI is InChI=1S/C9H11F2NO2/c1-14-4-7(12)5-2-6(10)9(11)8(13)3-5/h2-3,7,13H,4,12H2,1H3/t7-/m1/s1. The molecule has 0 heterocycles. The lowest BCUT2D eigenvalue weighted by Gasteiger charge is -2.11. The molecule has 3 nitrogen and oxygen atoms in total. The van der Waals surface area contributed by atoms with E-state index in [0.717, 1.165) is 12.1 Å². The number of rotatable bonds is 3. The second kappa shape index (κ2) is 4.34. The van der Waals surface area contributed by atoms with Crippen LogP contribution in [0.25, 0.3) is 0 Å². The minimum Gasteiger partial charge on any atom is -0.505 e. The van der Waals surface area contributed by atoms with E-state index in [1.54, 1.807) is 0 Å². The third-order valence-corrected chi connectivity index (χ3v) is 1.81. The summed E-state index contributed by atoms with van der Waals surface area (Å²) in [6.45, 7) is 0.171. The Morgan fingerprint density at radius 2 is 2.14 bits per heavy atom. The first-order chi connectivity index (χ1) is 6.56. The number of hydrogen-bond donors (Lipinski definition) is 2. The van der Waals surface area contributed by atoms with Gasteiger partial charge in [-0.05, 0) is 17.7 Å². The van der Waals surface area contributed by atoms with E-state index in [9.17, 15) is 8.78 Å². The van der Waals surface area contributed by atoms with Crippen LogP contribution in [0.4, 0.5) is 8.78 Å². The summed E-state index contributed by atoms with van der Waals surface area (Å²) in [6, 6.07) is 1.45. The maximum absolute atomic E-state index is 12.8. The fourth-order valence-electron chi connectivity index (χ4n) is 1.08. The van der Waals surface area contributed by atoms with Crippen molar-refractivity contribution in [1.82, 2.24) is 0 Å². The molecule has 0 aliphatic carbocycles. The average Bonchev–Trinajstić information content (AvgIpc) is 2.13. The van der Waals surface area contributed by atoms with Crippen LogP contribution < -0.4 is 5.73 Å². The smallest absolute Gasteiger partial charge is 0.200 e. The number of nitrogens with two attached hydrogens (primary N) is 1. The average molecular weight is 203 g/mol. The molecular formula is C9H11F2NO2. The number of hydrogen-bond acceptors (Lipinski definition) is 3.